The van der Waals surface area contributed by atoms with E-state index in [9.17, 15) is 82.1 Å². The van der Waals surface area contributed by atoms with E-state index in [1.807, 2.05) is 25.1 Å². The SMILES string of the molecule is CCCC[C@H](NC(=O)[C@@H]1CCCN1C(=O)[C@H](CCC(N)=O)NC(=O)CNC(=O)[C@@H]1CCCN1C(=O)[C@H](CCCCN)NC(=O)[C@H](CC(C)C)NC(=O)[C@H](CCC(N)=O)NC(=O)[C@H](CC(C)C)NC(=O)[C@H](Cc1c[nH]c2ccccc12)NC(=O)[C@H](Cc1c[nH]cn1)NC(=O)[C@@H](N)Cc1ccc(O)cc1)C(=O)N[C@@H](Cc1ccccc1)C(=O)O. The topological polar surface area (TPSA) is 572 Å². The Balaban J connectivity index is 1.02. The zero-order valence-electron chi connectivity index (χ0n) is 67.0. The summed E-state index contributed by atoms with van der Waals surface area (Å²) in [6.07, 6.45) is 5.66. The van der Waals surface area contributed by atoms with Gasteiger partial charge in [-0.2, -0.15) is 0 Å². The van der Waals surface area contributed by atoms with Gasteiger partial charge in [0.15, 0.2) is 0 Å². The molecule has 2 aromatic heterocycles. The molecule has 5 aromatic rings. The summed E-state index contributed by atoms with van der Waals surface area (Å²) >= 11 is 0. The first-order chi connectivity index (χ1) is 55.8. The molecule has 36 heteroatoms. The fourth-order valence-corrected chi connectivity index (χ4v) is 14.2. The van der Waals surface area contributed by atoms with Crippen molar-refractivity contribution in [2.45, 2.75) is 236 Å². The van der Waals surface area contributed by atoms with Crippen molar-refractivity contribution in [3.8, 4) is 5.75 Å². The Hall–Kier alpha value is -11.8. The number of carbonyl (C=O) groups excluding carboxylic acids is 14. The van der Waals surface area contributed by atoms with Gasteiger partial charge in [0.2, 0.25) is 82.7 Å². The number of imidazole rings is 1. The summed E-state index contributed by atoms with van der Waals surface area (Å²) in [4.78, 5) is 222. The second-order valence-electron chi connectivity index (χ2n) is 30.7. The molecule has 0 saturated carbocycles. The normalized spacial score (nSPS) is 16.5. The van der Waals surface area contributed by atoms with Gasteiger partial charge in [0.1, 0.15) is 72.2 Å². The van der Waals surface area contributed by atoms with Crippen molar-refractivity contribution in [1.29, 1.82) is 0 Å². The first kappa shape index (κ1) is 92.4. The third-order valence-electron chi connectivity index (χ3n) is 20.4. The van der Waals surface area contributed by atoms with Gasteiger partial charge in [0, 0.05) is 68.5 Å². The van der Waals surface area contributed by atoms with Crippen LogP contribution in [-0.2, 0) is 97.6 Å². The zero-order chi connectivity index (χ0) is 85.4. The quantitative estimate of drug-likeness (QED) is 0.0222. The van der Waals surface area contributed by atoms with Crippen LogP contribution in [0.3, 0.4) is 0 Å². The van der Waals surface area contributed by atoms with E-state index in [0.717, 1.165) is 0 Å². The number of hydrogen-bond acceptors (Lipinski definition) is 19. The molecule has 636 valence electrons. The molecular formula is C81H115N19O17. The third-order valence-corrected chi connectivity index (χ3v) is 20.4. The molecule has 22 N–H and O–H groups in total. The maximum Gasteiger partial charge on any atom is 0.326 e. The Morgan fingerprint density at radius 3 is 1.56 bits per heavy atom. The van der Waals surface area contributed by atoms with Gasteiger partial charge in [0.25, 0.3) is 0 Å². The highest BCUT2D eigenvalue weighted by Crippen LogP contribution is 2.25. The number of aromatic nitrogens is 3. The molecular weight excluding hydrogens is 1510 g/mol. The Bertz CT molecular complexity index is 4220. The van der Waals surface area contributed by atoms with Crippen molar-refractivity contribution < 1.29 is 82.1 Å². The van der Waals surface area contributed by atoms with Crippen LogP contribution >= 0.6 is 0 Å². The van der Waals surface area contributed by atoms with Crippen LogP contribution < -0.4 is 76.1 Å². The second-order valence-corrected chi connectivity index (χ2v) is 30.7. The lowest BCUT2D eigenvalue weighted by Crippen LogP contribution is -2.61. The number of amides is 14. The molecule has 4 heterocycles. The van der Waals surface area contributed by atoms with Crippen LogP contribution in [0.5, 0.6) is 5.75 Å². The lowest BCUT2D eigenvalue weighted by Gasteiger charge is -2.31. The number of rotatable bonds is 48. The van der Waals surface area contributed by atoms with E-state index in [1.165, 1.54) is 34.5 Å². The molecule has 0 aliphatic carbocycles. The summed E-state index contributed by atoms with van der Waals surface area (Å²) in [5.41, 5.74) is 26.3. The number of phenols is 1. The Labute approximate surface area is 678 Å². The van der Waals surface area contributed by atoms with E-state index in [-0.39, 0.29) is 121 Å². The number of unbranched alkanes of at least 4 members (excludes halogenated alkanes) is 2. The van der Waals surface area contributed by atoms with E-state index >= 15 is 0 Å². The van der Waals surface area contributed by atoms with E-state index in [0.29, 0.717) is 71.8 Å². The van der Waals surface area contributed by atoms with Crippen molar-refractivity contribution in [2.75, 3.05) is 26.2 Å². The van der Waals surface area contributed by atoms with Crippen LogP contribution in [0.2, 0.25) is 0 Å². The van der Waals surface area contributed by atoms with E-state index in [4.69, 9.17) is 22.9 Å². The molecule has 2 aliphatic heterocycles. The van der Waals surface area contributed by atoms with E-state index in [2.05, 4.69) is 68.1 Å². The van der Waals surface area contributed by atoms with E-state index in [1.54, 1.807) is 82.4 Å². The minimum absolute atomic E-state index is 0.00900. The number of H-pyrrole nitrogens is 2. The van der Waals surface area contributed by atoms with Crippen LogP contribution in [0.4, 0.5) is 0 Å². The van der Waals surface area contributed by atoms with Crippen LogP contribution in [0.1, 0.15) is 160 Å². The molecule has 0 spiro atoms. The van der Waals surface area contributed by atoms with Gasteiger partial charge < -0.3 is 106 Å². The van der Waals surface area contributed by atoms with Crippen molar-refractivity contribution in [2.24, 2.45) is 34.8 Å². The molecule has 12 atom stereocenters. The van der Waals surface area contributed by atoms with Crippen LogP contribution in [0, 0.1) is 11.8 Å². The van der Waals surface area contributed by atoms with Crippen LogP contribution in [0.15, 0.2) is 97.6 Å². The number of carbonyl (C=O) groups is 15. The van der Waals surface area contributed by atoms with Crippen LogP contribution in [-0.4, -0.2) is 222 Å². The van der Waals surface area contributed by atoms with Gasteiger partial charge in [-0.15, -0.1) is 0 Å². The lowest BCUT2D eigenvalue weighted by molar-refractivity contribution is -0.144. The summed E-state index contributed by atoms with van der Waals surface area (Å²) in [5.74, 6) is -13.1. The molecule has 0 bridgehead atoms. The van der Waals surface area contributed by atoms with Gasteiger partial charge >= 0.3 is 5.97 Å². The molecule has 2 fully saturated rings. The zero-order valence-corrected chi connectivity index (χ0v) is 67.0. The molecule has 0 radical (unpaired) electrons. The monoisotopic (exact) mass is 1630 g/mol. The summed E-state index contributed by atoms with van der Waals surface area (Å²) in [7, 11) is 0. The van der Waals surface area contributed by atoms with Gasteiger partial charge in [-0.3, -0.25) is 67.1 Å². The average molecular weight is 1630 g/mol. The number of primary amides is 2. The molecule has 2 aliphatic rings. The number of aromatic hydroxyl groups is 1. The molecule has 2 saturated heterocycles. The standard InChI is InChI=1S/C81H115N19O17/c1-6-7-20-56(71(106)98-64(81(116)117)39-48-17-9-8-10-18-48)92-78(113)66-24-16-35-100(66)80(115)59(30-32-68(85)103)90-69(104)44-88-77(112)65-23-15-34-99(65)79(114)58(22-13-14-33-82)93-74(109)61(37-47(4)5)95-72(107)57(29-31-67(84)102)91-73(108)60(36-46(2)3)96-75(110)62(40-50-42-87-55-21-12-11-19-53(50)55)97-76(111)63(41-51-43-86-45-89-51)94-70(105)54(83)38-49-25-27-52(101)28-26-49/h8-12,17-19,21,25-28,42-43,45-47,54,56-66,87,101H,6-7,13-16,20,22-24,29-41,44,82-83H2,1-5H3,(H2,84,102)(H2,85,103)(H,86,89)(H,88,112)(H,90,104)(H,91,108)(H,92,113)(H,93,109)(H,94,105)(H,95,107)(H,96,110)(H,97,111)(H,98,106)(H,116,117)/t54-,56-,57-,58-,59-,60-,61-,62-,63-,64-,65-,66-/m0/s1. The predicted molar refractivity (Wildman–Crippen MR) is 430 cm³/mol. The summed E-state index contributed by atoms with van der Waals surface area (Å²) in [6.45, 7) is 8.53. The highest BCUT2D eigenvalue weighted by Gasteiger charge is 2.43. The van der Waals surface area contributed by atoms with Gasteiger partial charge in [-0.25, -0.2) is 9.78 Å². The Morgan fingerprint density at radius 1 is 0.513 bits per heavy atom. The number of nitrogens with two attached hydrogens (primary N) is 4. The molecule has 7 rings (SSSR count). The highest BCUT2D eigenvalue weighted by atomic mass is 16.4. The Morgan fingerprint density at radius 2 is 1.00 bits per heavy atom. The summed E-state index contributed by atoms with van der Waals surface area (Å²) in [5, 5.41) is 47.4. The number of phenolic OH excluding ortho intramolecular Hbond substituents is 1. The first-order valence-corrected chi connectivity index (χ1v) is 40.0. The molecule has 117 heavy (non-hydrogen) atoms. The largest absolute Gasteiger partial charge is 0.508 e. The number of likely N-dealkylation sites (tertiary alicyclic amines) is 2. The van der Waals surface area contributed by atoms with Gasteiger partial charge in [-0.05, 0) is 137 Å². The minimum Gasteiger partial charge on any atom is -0.508 e. The van der Waals surface area contributed by atoms with Crippen molar-refractivity contribution in [3.05, 3.63) is 120 Å². The number of benzene rings is 3. The number of hydrogen-bond donors (Lipinski definition) is 18. The summed E-state index contributed by atoms with van der Waals surface area (Å²) in [6, 6.07) is 6.05. The summed E-state index contributed by atoms with van der Waals surface area (Å²) < 4.78 is 0. The molecule has 14 amide bonds. The van der Waals surface area contributed by atoms with Crippen molar-refractivity contribution in [1.82, 2.24) is 77.9 Å². The molecule has 36 nitrogen and oxygen atoms in total. The smallest absolute Gasteiger partial charge is 0.326 e. The number of nitrogens with zero attached hydrogens (tertiary/aromatic N) is 3. The Kier molecular flexibility index (Phi) is 36.4. The second kappa shape index (κ2) is 46.1. The van der Waals surface area contributed by atoms with E-state index < -0.39 is 174 Å². The number of aliphatic carboxylic acids is 1. The molecule has 3 aromatic carbocycles. The fourth-order valence-electron chi connectivity index (χ4n) is 14.2. The number of carboxylic acids is 1. The van der Waals surface area contributed by atoms with Crippen LogP contribution in [0.25, 0.3) is 10.9 Å². The minimum atomic E-state index is -1.58. The van der Waals surface area contributed by atoms with Gasteiger partial charge in [0.05, 0.1) is 24.6 Å². The number of fused-ring (bicyclic) bond motifs is 1. The number of carboxylic acid groups (broad SMARTS) is 1. The number of para-hydroxylation sites is 1. The third kappa shape index (κ3) is 29.1. The first-order valence-electron chi connectivity index (χ1n) is 40.0. The average Bonchev–Trinajstić information content (AvgIpc) is 1.74. The maximum atomic E-state index is 15.0. The molecule has 0 unspecified atom stereocenters. The lowest BCUT2D eigenvalue weighted by atomic mass is 9.99. The predicted octanol–water partition coefficient (Wildman–Crippen LogP) is -0.317. The van der Waals surface area contributed by atoms with Crippen molar-refractivity contribution >= 4 is 99.6 Å². The number of aromatic amines is 2. The van der Waals surface area contributed by atoms with Gasteiger partial charge in [-0.1, -0.05) is 108 Å². The maximum absolute atomic E-state index is 15.0. The van der Waals surface area contributed by atoms with Crippen molar-refractivity contribution in [3.63, 3.8) is 0 Å². The highest BCUT2D eigenvalue weighted by molar-refractivity contribution is 6.00. The fraction of sp³-hybridized carbons (Fsp3) is 0.531. The number of nitrogens with one attached hydrogen (secondary N) is 12.